The van der Waals surface area contributed by atoms with E-state index >= 15 is 0 Å². The van der Waals surface area contributed by atoms with Crippen molar-refractivity contribution < 1.29 is 51.0 Å². The molecule has 0 spiro atoms. The van der Waals surface area contributed by atoms with Crippen molar-refractivity contribution in [2.45, 2.75) is 26.2 Å². The summed E-state index contributed by atoms with van der Waals surface area (Å²) in [6.45, 7) is 4.84. The number of benzene rings is 3. The van der Waals surface area contributed by atoms with Gasteiger partial charge in [0.25, 0.3) is 0 Å². The second-order valence-corrected chi connectivity index (χ2v) is 7.81. The Morgan fingerprint density at radius 2 is 1.54 bits per heavy atom. The number of hydrogen-bond acceptors (Lipinski definition) is 0. The van der Waals surface area contributed by atoms with E-state index in [1.165, 1.54) is 38.6 Å². The minimum absolute atomic E-state index is 0. The Kier molecular flexibility index (Phi) is 7.19. The van der Waals surface area contributed by atoms with Crippen LogP contribution in [0.3, 0.4) is 0 Å². The summed E-state index contributed by atoms with van der Waals surface area (Å²) in [5, 5.41) is 2.74. The van der Waals surface area contributed by atoms with Gasteiger partial charge in [-0.3, -0.25) is 0 Å². The molecule has 0 nitrogen and oxygen atoms in total. The Bertz CT molecular complexity index is 1060. The largest absolute Gasteiger partial charge is 2.00 e. The fraction of sp³-hybridized carbons (Fsp3) is 0.200. The molecule has 140 valence electrons. The van der Waals surface area contributed by atoms with E-state index in [9.17, 15) is 0 Å². The van der Waals surface area contributed by atoms with Crippen molar-refractivity contribution in [1.82, 2.24) is 0 Å². The van der Waals surface area contributed by atoms with Crippen LogP contribution in [0.25, 0.3) is 21.9 Å². The third-order valence-electron chi connectivity index (χ3n) is 6.14. The first kappa shape index (κ1) is 23.1. The summed E-state index contributed by atoms with van der Waals surface area (Å²) in [5.41, 5.74) is 7.44. The van der Waals surface area contributed by atoms with E-state index in [0.717, 1.165) is 6.42 Å². The molecule has 1 atom stereocenters. The average molecular weight is 485 g/mol. The first-order valence-electron chi connectivity index (χ1n) is 9.15. The molecule has 0 aliphatic heterocycles. The third kappa shape index (κ3) is 3.37. The zero-order chi connectivity index (χ0) is 17.0. The maximum atomic E-state index is 2.42. The van der Waals surface area contributed by atoms with Crippen LogP contribution < -0.4 is 24.8 Å². The van der Waals surface area contributed by atoms with Crippen LogP contribution in [-0.4, -0.2) is 0 Å². The summed E-state index contributed by atoms with van der Waals surface area (Å²) >= 11 is 0. The summed E-state index contributed by atoms with van der Waals surface area (Å²) in [5.74, 6) is 0.399. The molecule has 28 heavy (non-hydrogen) atoms. The van der Waals surface area contributed by atoms with Gasteiger partial charge in [0.2, 0.25) is 0 Å². The van der Waals surface area contributed by atoms with Gasteiger partial charge in [0.1, 0.15) is 0 Å². The third-order valence-corrected chi connectivity index (χ3v) is 6.14. The minimum atomic E-state index is 0. The summed E-state index contributed by atoms with van der Waals surface area (Å²) in [6, 6.07) is 22.4. The van der Waals surface area contributed by atoms with Gasteiger partial charge in [0.15, 0.2) is 0 Å². The first-order chi connectivity index (χ1) is 12.2. The van der Waals surface area contributed by atoms with E-state index < -0.39 is 0 Å². The van der Waals surface area contributed by atoms with Gasteiger partial charge in [-0.25, -0.2) is 0 Å². The van der Waals surface area contributed by atoms with Crippen LogP contribution in [0.15, 0.2) is 84.5 Å². The van der Waals surface area contributed by atoms with Crippen molar-refractivity contribution in [3.05, 3.63) is 95.6 Å². The number of hydrogen-bond donors (Lipinski definition) is 0. The Morgan fingerprint density at radius 1 is 0.821 bits per heavy atom. The summed E-state index contributed by atoms with van der Waals surface area (Å²) in [6.07, 6.45) is 7.89. The molecule has 2 aliphatic carbocycles. The van der Waals surface area contributed by atoms with Crippen molar-refractivity contribution in [3.8, 4) is 11.1 Å². The second kappa shape index (κ2) is 8.70. The number of halogens is 2. The summed E-state index contributed by atoms with van der Waals surface area (Å²) in [4.78, 5) is 0. The van der Waals surface area contributed by atoms with Gasteiger partial charge in [-0.1, -0.05) is 98.3 Å². The van der Waals surface area contributed by atoms with Gasteiger partial charge < -0.3 is 24.8 Å². The smallest absolute Gasteiger partial charge is 1.00 e. The van der Waals surface area contributed by atoms with E-state index in [1.54, 1.807) is 0 Å². The molecule has 0 fully saturated rings. The molecular weight excluding hydrogens is 462 g/mol. The molecule has 0 saturated heterocycles. The Labute approximate surface area is 199 Å². The first-order valence-corrected chi connectivity index (χ1v) is 9.15. The van der Waals surface area contributed by atoms with Crippen LogP contribution >= 0.6 is 0 Å². The molecule has 5 rings (SSSR count). The molecular formula is C25H22Cl2Zr. The van der Waals surface area contributed by atoms with Gasteiger partial charge in [-0.15, -0.1) is 0 Å². The fourth-order valence-electron chi connectivity index (χ4n) is 4.85. The van der Waals surface area contributed by atoms with Crippen molar-refractivity contribution in [3.63, 3.8) is 0 Å². The van der Waals surface area contributed by atoms with Crippen LogP contribution in [-0.2, 0) is 26.2 Å². The number of fused-ring (bicyclic) bond motifs is 5. The monoisotopic (exact) mass is 482 g/mol. The Balaban J connectivity index is 0.000000934. The summed E-state index contributed by atoms with van der Waals surface area (Å²) in [7, 11) is 0. The van der Waals surface area contributed by atoms with E-state index in [-0.39, 0.29) is 56.4 Å². The number of rotatable bonds is 2. The minimum Gasteiger partial charge on any atom is -1.00 e. The van der Waals surface area contributed by atoms with E-state index in [4.69, 9.17) is 0 Å². The van der Waals surface area contributed by atoms with E-state index in [1.807, 2.05) is 0 Å². The maximum absolute atomic E-state index is 2.42. The predicted molar refractivity (Wildman–Crippen MR) is 107 cm³/mol. The van der Waals surface area contributed by atoms with Crippen LogP contribution in [0.4, 0.5) is 0 Å². The van der Waals surface area contributed by atoms with Crippen molar-refractivity contribution >= 4 is 10.8 Å². The molecule has 0 aromatic heterocycles. The standard InChI is InChI=1S/C25H22.2ClH.Zr/c1-25(2,18-10-4-5-11-18)24-22-14-8-7-13-20(22)21-16-15-17-9-3-6-12-19(17)23(21)24;;;/h3-10,12-16,24H,11H2,1-2H3;2*1H;/q;;;+2/p-2. The Morgan fingerprint density at radius 3 is 2.29 bits per heavy atom. The Hall–Kier alpha value is -1.14. The molecule has 0 saturated carbocycles. The van der Waals surface area contributed by atoms with Crippen LogP contribution in [0.1, 0.15) is 37.3 Å². The summed E-state index contributed by atoms with van der Waals surface area (Å²) < 4.78 is 0. The maximum Gasteiger partial charge on any atom is 2.00 e. The van der Waals surface area contributed by atoms with Crippen LogP contribution in [0.2, 0.25) is 0 Å². The molecule has 1 unspecified atom stereocenters. The topological polar surface area (TPSA) is 0 Å². The molecule has 0 amide bonds. The van der Waals surface area contributed by atoms with Crippen molar-refractivity contribution in [1.29, 1.82) is 0 Å². The van der Waals surface area contributed by atoms with Gasteiger partial charge in [-0.05, 0) is 44.9 Å². The predicted octanol–water partition coefficient (Wildman–Crippen LogP) is 0.870. The zero-order valence-electron chi connectivity index (χ0n) is 16.0. The van der Waals surface area contributed by atoms with Gasteiger partial charge in [0, 0.05) is 5.92 Å². The fourth-order valence-corrected chi connectivity index (χ4v) is 4.85. The van der Waals surface area contributed by atoms with E-state index in [0.29, 0.717) is 5.92 Å². The number of allylic oxidation sites excluding steroid dienone is 4. The SMILES string of the molecule is CC(C)(C1=CC=CC1)C1c2ccccc2-c2ccc3ccccc3c21.[Cl-].[Cl-].[Zr+2]. The quantitative estimate of drug-likeness (QED) is 0.507. The van der Waals surface area contributed by atoms with E-state index in [2.05, 4.69) is 92.7 Å². The molecule has 3 aromatic rings. The van der Waals surface area contributed by atoms with Gasteiger partial charge in [-0.2, -0.15) is 0 Å². The second-order valence-electron chi connectivity index (χ2n) is 7.81. The van der Waals surface area contributed by atoms with Crippen LogP contribution in [0.5, 0.6) is 0 Å². The average Bonchev–Trinajstić information content (AvgIpc) is 3.28. The van der Waals surface area contributed by atoms with Crippen molar-refractivity contribution in [2.75, 3.05) is 0 Å². The molecule has 0 radical (unpaired) electrons. The molecule has 3 heteroatoms. The van der Waals surface area contributed by atoms with Crippen molar-refractivity contribution in [2.24, 2.45) is 5.41 Å². The molecule has 3 aromatic carbocycles. The van der Waals surface area contributed by atoms with Gasteiger partial charge in [0.05, 0.1) is 0 Å². The molecule has 2 aliphatic rings. The zero-order valence-corrected chi connectivity index (χ0v) is 20.0. The molecule has 0 N–H and O–H groups in total. The van der Waals surface area contributed by atoms with Gasteiger partial charge >= 0.3 is 26.2 Å². The normalized spacial score (nSPS) is 16.4. The molecule has 0 bridgehead atoms. The molecule has 0 heterocycles. The van der Waals surface area contributed by atoms with Crippen LogP contribution in [0, 0.1) is 5.41 Å².